The van der Waals surface area contributed by atoms with Gasteiger partial charge in [-0.3, -0.25) is 0 Å². The summed E-state index contributed by atoms with van der Waals surface area (Å²) in [5, 5.41) is 0. The van der Waals surface area contributed by atoms with Crippen molar-refractivity contribution in [3.63, 3.8) is 0 Å². The van der Waals surface area contributed by atoms with Crippen molar-refractivity contribution in [2.24, 2.45) is 0 Å². The number of ether oxygens (including phenoxy) is 4. The first-order chi connectivity index (χ1) is 13.1. The minimum atomic E-state index is -4.64. The summed E-state index contributed by atoms with van der Waals surface area (Å²) >= 11 is 2.30. The third kappa shape index (κ3) is 8.07. The predicted octanol–water partition coefficient (Wildman–Crippen LogP) is 3.57. The molecule has 0 heterocycles. The molecule has 8 nitrogen and oxygen atoms in total. The molecule has 10 heteroatoms. The Labute approximate surface area is 177 Å². The lowest BCUT2D eigenvalue weighted by molar-refractivity contribution is 0.275. The van der Waals surface area contributed by atoms with Crippen LogP contribution in [0.15, 0.2) is 30.3 Å². The first kappa shape index (κ1) is 24.3. The van der Waals surface area contributed by atoms with Crippen LogP contribution in [-0.4, -0.2) is 43.1 Å². The Kier molecular flexibility index (Phi) is 9.77. The summed E-state index contributed by atoms with van der Waals surface area (Å²) < 4.78 is 31.4. The van der Waals surface area contributed by atoms with Crippen LogP contribution in [-0.2, 0) is 4.57 Å². The Morgan fingerprint density at radius 2 is 1.39 bits per heavy atom. The largest absolute Gasteiger partial charge is 0.497 e. The molecular formula is C18H22IO8P. The Hall–Kier alpha value is -1.78. The van der Waals surface area contributed by atoms with Crippen LogP contribution in [0.25, 0.3) is 12.2 Å². The number of phosphoric acid groups is 1. The summed E-state index contributed by atoms with van der Waals surface area (Å²) in [7, 11) is 1.83. The summed E-state index contributed by atoms with van der Waals surface area (Å²) in [4.78, 5) is 21.6. The van der Waals surface area contributed by atoms with Crippen molar-refractivity contribution in [2.75, 3.05) is 28.4 Å². The smallest absolute Gasteiger partial charge is 0.466 e. The summed E-state index contributed by atoms with van der Waals surface area (Å²) in [5.74, 6) is 2.68. The van der Waals surface area contributed by atoms with Gasteiger partial charge in [-0.1, -0.05) is 12.2 Å². The standard InChI is InChI=1S/C18H19IO4.H3O4P/c1-20-14-7-8-15(19)13(11-14)6-5-12-9-16(21-2)18(23-4)17(10-12)22-3;1-5(2,3)4/h5-11H,1-4H3;(H3,1,2,3,4). The molecule has 3 N–H and O–H groups in total. The average molecular weight is 524 g/mol. The molecule has 0 radical (unpaired) electrons. The lowest BCUT2D eigenvalue weighted by Gasteiger charge is -2.12. The van der Waals surface area contributed by atoms with E-state index < -0.39 is 7.82 Å². The highest BCUT2D eigenvalue weighted by atomic mass is 127. The molecular weight excluding hydrogens is 502 g/mol. The van der Waals surface area contributed by atoms with Crippen molar-refractivity contribution in [1.82, 2.24) is 0 Å². The fourth-order valence-electron chi connectivity index (χ4n) is 2.16. The number of benzene rings is 2. The number of rotatable bonds is 6. The molecule has 0 bridgehead atoms. The first-order valence-electron chi connectivity index (χ1n) is 7.72. The number of hydrogen-bond acceptors (Lipinski definition) is 5. The minimum absolute atomic E-state index is 0.586. The van der Waals surface area contributed by atoms with Gasteiger partial charge in [0.1, 0.15) is 5.75 Å². The van der Waals surface area contributed by atoms with E-state index in [0.717, 1.165) is 20.4 Å². The van der Waals surface area contributed by atoms with Crippen LogP contribution < -0.4 is 18.9 Å². The topological polar surface area (TPSA) is 115 Å². The van der Waals surface area contributed by atoms with Crippen LogP contribution >= 0.6 is 30.4 Å². The van der Waals surface area contributed by atoms with Crippen LogP contribution in [0, 0.1) is 3.57 Å². The fraction of sp³-hybridized carbons (Fsp3) is 0.222. The van der Waals surface area contributed by atoms with E-state index in [1.54, 1.807) is 28.4 Å². The van der Waals surface area contributed by atoms with Gasteiger partial charge in [0.05, 0.1) is 28.4 Å². The molecule has 0 saturated carbocycles. The third-order valence-corrected chi connectivity index (χ3v) is 4.33. The summed E-state index contributed by atoms with van der Waals surface area (Å²) in [6.07, 6.45) is 4.03. The summed E-state index contributed by atoms with van der Waals surface area (Å²) in [5.41, 5.74) is 2.04. The lowest BCUT2D eigenvalue weighted by Crippen LogP contribution is -1.95. The molecule has 0 amide bonds. The lowest BCUT2D eigenvalue weighted by atomic mass is 10.1. The van der Waals surface area contributed by atoms with Gasteiger partial charge in [0.15, 0.2) is 11.5 Å². The fourth-order valence-corrected chi connectivity index (χ4v) is 2.68. The van der Waals surface area contributed by atoms with Crippen LogP contribution in [0.1, 0.15) is 11.1 Å². The number of methoxy groups -OCH3 is 4. The molecule has 0 unspecified atom stereocenters. The molecule has 0 aliphatic heterocycles. The molecule has 0 aromatic heterocycles. The number of halogens is 1. The normalized spacial score (nSPS) is 10.9. The SMILES string of the molecule is COc1ccc(I)c(C=Cc2cc(OC)c(OC)c(OC)c2)c1.O=P(O)(O)O. The van der Waals surface area contributed by atoms with E-state index in [0.29, 0.717) is 17.2 Å². The van der Waals surface area contributed by atoms with Crippen molar-refractivity contribution < 1.29 is 38.2 Å². The molecule has 2 aromatic rings. The maximum absolute atomic E-state index is 8.88. The Balaban J connectivity index is 0.000000696. The minimum Gasteiger partial charge on any atom is -0.497 e. The maximum Gasteiger partial charge on any atom is 0.466 e. The van der Waals surface area contributed by atoms with Gasteiger partial charge in [-0.05, 0) is 64.0 Å². The second kappa shape index (κ2) is 11.3. The second-order valence-electron chi connectivity index (χ2n) is 5.19. The Morgan fingerprint density at radius 3 is 1.82 bits per heavy atom. The Bertz CT molecular complexity index is 829. The van der Waals surface area contributed by atoms with Gasteiger partial charge < -0.3 is 33.6 Å². The third-order valence-electron chi connectivity index (χ3n) is 3.35. The zero-order chi connectivity index (χ0) is 21.3. The van der Waals surface area contributed by atoms with Gasteiger partial charge >= 0.3 is 7.82 Å². The van der Waals surface area contributed by atoms with Crippen LogP contribution in [0.3, 0.4) is 0 Å². The predicted molar refractivity (Wildman–Crippen MR) is 115 cm³/mol. The molecule has 0 saturated heterocycles. The van der Waals surface area contributed by atoms with E-state index in [-0.39, 0.29) is 0 Å². The molecule has 0 aliphatic carbocycles. The van der Waals surface area contributed by atoms with Crippen LogP contribution in [0.2, 0.25) is 0 Å². The van der Waals surface area contributed by atoms with Crippen molar-refractivity contribution in [1.29, 1.82) is 0 Å². The quantitative estimate of drug-likeness (QED) is 0.299. The highest BCUT2D eigenvalue weighted by Gasteiger charge is 2.12. The average Bonchev–Trinajstić information content (AvgIpc) is 2.65. The van der Waals surface area contributed by atoms with E-state index in [1.165, 1.54) is 0 Å². The summed E-state index contributed by atoms with van der Waals surface area (Å²) in [6.45, 7) is 0. The van der Waals surface area contributed by atoms with Crippen molar-refractivity contribution in [3.8, 4) is 23.0 Å². The molecule has 2 aromatic carbocycles. The van der Waals surface area contributed by atoms with Gasteiger partial charge in [-0.25, -0.2) is 4.57 Å². The van der Waals surface area contributed by atoms with Gasteiger partial charge in [-0.15, -0.1) is 0 Å². The van der Waals surface area contributed by atoms with E-state index in [1.807, 2.05) is 42.5 Å². The maximum atomic E-state index is 8.88. The van der Waals surface area contributed by atoms with E-state index in [4.69, 9.17) is 38.2 Å². The molecule has 28 heavy (non-hydrogen) atoms. The van der Waals surface area contributed by atoms with Crippen molar-refractivity contribution in [2.45, 2.75) is 0 Å². The van der Waals surface area contributed by atoms with E-state index >= 15 is 0 Å². The molecule has 0 aliphatic rings. The molecule has 0 atom stereocenters. The van der Waals surface area contributed by atoms with Gasteiger partial charge in [0, 0.05) is 3.57 Å². The first-order valence-corrected chi connectivity index (χ1v) is 10.4. The van der Waals surface area contributed by atoms with Gasteiger partial charge in [0.25, 0.3) is 0 Å². The monoisotopic (exact) mass is 524 g/mol. The van der Waals surface area contributed by atoms with Crippen molar-refractivity contribution >= 4 is 42.6 Å². The zero-order valence-electron chi connectivity index (χ0n) is 15.7. The molecule has 0 fully saturated rings. The summed E-state index contributed by atoms with van der Waals surface area (Å²) in [6, 6.07) is 9.78. The number of hydrogen-bond donors (Lipinski definition) is 3. The Morgan fingerprint density at radius 1 is 0.857 bits per heavy atom. The van der Waals surface area contributed by atoms with Crippen LogP contribution in [0.5, 0.6) is 23.0 Å². The van der Waals surface area contributed by atoms with E-state index in [9.17, 15) is 0 Å². The van der Waals surface area contributed by atoms with Gasteiger partial charge in [-0.2, -0.15) is 0 Å². The zero-order valence-corrected chi connectivity index (χ0v) is 18.8. The van der Waals surface area contributed by atoms with E-state index in [2.05, 4.69) is 22.6 Å². The highest BCUT2D eigenvalue weighted by Crippen LogP contribution is 2.38. The highest BCUT2D eigenvalue weighted by molar-refractivity contribution is 14.1. The van der Waals surface area contributed by atoms with Gasteiger partial charge in [0.2, 0.25) is 5.75 Å². The molecule has 2 rings (SSSR count). The second-order valence-corrected chi connectivity index (χ2v) is 7.38. The van der Waals surface area contributed by atoms with Crippen molar-refractivity contribution in [3.05, 3.63) is 45.0 Å². The molecule has 0 spiro atoms. The van der Waals surface area contributed by atoms with Crippen LogP contribution in [0.4, 0.5) is 0 Å². The molecule has 154 valence electrons.